The zero-order chi connectivity index (χ0) is 22.4. The molecule has 1 aromatic heterocycles. The maximum Gasteiger partial charge on any atom is 0.307 e. The van der Waals surface area contributed by atoms with Crippen LogP contribution >= 0.6 is 0 Å². The molecule has 3 aromatic rings. The zero-order valence-electron chi connectivity index (χ0n) is 16.8. The van der Waals surface area contributed by atoms with Crippen molar-refractivity contribution in [3.8, 4) is 11.5 Å². The molecular formula is C22H20N4O5. The van der Waals surface area contributed by atoms with Crippen molar-refractivity contribution in [2.75, 3.05) is 0 Å². The predicted octanol–water partition coefficient (Wildman–Crippen LogP) is 3.00. The number of hydrogen-bond acceptors (Lipinski definition) is 7. The molecule has 9 nitrogen and oxygen atoms in total. The van der Waals surface area contributed by atoms with E-state index in [1.54, 1.807) is 50.2 Å². The van der Waals surface area contributed by atoms with E-state index < -0.39 is 11.8 Å². The first-order chi connectivity index (χ1) is 14.9. The second-order valence-electron chi connectivity index (χ2n) is 6.47. The third-order valence-corrected chi connectivity index (χ3v) is 4.29. The number of para-hydroxylation sites is 2. The van der Waals surface area contributed by atoms with Gasteiger partial charge in [0, 0.05) is 11.1 Å². The van der Waals surface area contributed by atoms with Crippen molar-refractivity contribution in [1.82, 2.24) is 10.9 Å². The van der Waals surface area contributed by atoms with Gasteiger partial charge in [0.15, 0.2) is 11.5 Å². The lowest BCUT2D eigenvalue weighted by Crippen LogP contribution is -2.20. The second kappa shape index (κ2) is 9.40. The van der Waals surface area contributed by atoms with Gasteiger partial charge in [-0.3, -0.25) is 9.59 Å². The molecular weight excluding hydrogens is 400 g/mol. The lowest BCUT2D eigenvalue weighted by atomic mass is 10.1. The standard InChI is InChI=1S/C22H20N4O5/c1-13(15-7-3-5-9-17(15)27)23-25-21(29)19-11-12-20(31-19)22(30)26-24-14(2)16-8-4-6-10-18(16)28/h3-12,27-28H,1-2H3,(H,25,29)(H,26,30)/b23-13+,24-14+. The second-order valence-corrected chi connectivity index (χ2v) is 6.47. The Morgan fingerprint density at radius 3 is 1.48 bits per heavy atom. The van der Waals surface area contributed by atoms with Crippen molar-refractivity contribution in [2.24, 2.45) is 10.2 Å². The van der Waals surface area contributed by atoms with Crippen molar-refractivity contribution in [3.63, 3.8) is 0 Å². The molecule has 31 heavy (non-hydrogen) atoms. The number of nitrogens with zero attached hydrogens (tertiary/aromatic N) is 2. The number of rotatable bonds is 6. The number of carbonyl (C=O) groups excluding carboxylic acids is 2. The summed E-state index contributed by atoms with van der Waals surface area (Å²) < 4.78 is 5.27. The Kier molecular flexibility index (Phi) is 6.46. The molecule has 0 aliphatic carbocycles. The lowest BCUT2D eigenvalue weighted by molar-refractivity contribution is 0.0902. The van der Waals surface area contributed by atoms with E-state index in [0.29, 0.717) is 22.6 Å². The van der Waals surface area contributed by atoms with Gasteiger partial charge in [0.25, 0.3) is 0 Å². The lowest BCUT2D eigenvalue weighted by Gasteiger charge is -2.04. The van der Waals surface area contributed by atoms with Crippen molar-refractivity contribution >= 4 is 23.2 Å². The summed E-state index contributed by atoms with van der Waals surface area (Å²) in [6, 6.07) is 15.8. The predicted molar refractivity (Wildman–Crippen MR) is 114 cm³/mol. The van der Waals surface area contributed by atoms with Crippen molar-refractivity contribution < 1.29 is 24.2 Å². The molecule has 2 amide bonds. The molecule has 0 saturated carbocycles. The van der Waals surface area contributed by atoms with E-state index in [1.165, 1.54) is 24.3 Å². The monoisotopic (exact) mass is 420 g/mol. The molecule has 0 unspecified atom stereocenters. The molecule has 3 rings (SSSR count). The first-order valence-electron chi connectivity index (χ1n) is 9.22. The average Bonchev–Trinajstić information content (AvgIpc) is 3.26. The molecule has 0 aliphatic heterocycles. The SMILES string of the molecule is C/C(=N\NC(=O)c1ccc(C(=O)N/N=C(\C)c2ccccc2O)o1)c1ccccc1O. The number of aromatic hydroxyl groups is 2. The summed E-state index contributed by atoms with van der Waals surface area (Å²) in [5, 5.41) is 27.5. The summed E-state index contributed by atoms with van der Waals surface area (Å²) in [5.41, 5.74) is 6.35. The molecule has 0 spiro atoms. The molecule has 9 heteroatoms. The van der Waals surface area contributed by atoms with Crippen molar-refractivity contribution in [1.29, 1.82) is 0 Å². The van der Waals surface area contributed by atoms with Gasteiger partial charge in [-0.05, 0) is 50.2 Å². The van der Waals surface area contributed by atoms with E-state index in [9.17, 15) is 19.8 Å². The van der Waals surface area contributed by atoms with E-state index >= 15 is 0 Å². The molecule has 158 valence electrons. The van der Waals surface area contributed by atoms with E-state index in [1.807, 2.05) is 0 Å². The largest absolute Gasteiger partial charge is 0.507 e. The number of carbonyl (C=O) groups is 2. The quantitative estimate of drug-likeness (QED) is 0.359. The third kappa shape index (κ3) is 5.15. The number of benzene rings is 2. The molecule has 1 heterocycles. The number of amides is 2. The smallest absolute Gasteiger partial charge is 0.307 e. The molecule has 0 saturated heterocycles. The fraction of sp³-hybridized carbons (Fsp3) is 0.0909. The minimum Gasteiger partial charge on any atom is -0.507 e. The summed E-state index contributed by atoms with van der Waals surface area (Å²) in [5.74, 6) is -1.50. The Hall–Kier alpha value is -4.40. The van der Waals surface area contributed by atoms with Crippen LogP contribution < -0.4 is 10.9 Å². The van der Waals surface area contributed by atoms with Crippen LogP contribution in [0.25, 0.3) is 0 Å². The van der Waals surface area contributed by atoms with E-state index in [4.69, 9.17) is 4.42 Å². The Balaban J connectivity index is 1.64. The minimum atomic E-state index is -0.664. The minimum absolute atomic E-state index is 0.0367. The Bertz CT molecular complexity index is 1090. The number of hydrogen-bond donors (Lipinski definition) is 4. The van der Waals surface area contributed by atoms with Crippen LogP contribution in [0.15, 0.2) is 75.3 Å². The van der Waals surface area contributed by atoms with Crippen LogP contribution in [-0.4, -0.2) is 33.5 Å². The van der Waals surface area contributed by atoms with E-state index in [2.05, 4.69) is 21.1 Å². The third-order valence-electron chi connectivity index (χ3n) is 4.29. The highest BCUT2D eigenvalue weighted by Gasteiger charge is 2.16. The first-order valence-corrected chi connectivity index (χ1v) is 9.22. The summed E-state index contributed by atoms with van der Waals surface area (Å²) in [6.45, 7) is 3.25. The van der Waals surface area contributed by atoms with Gasteiger partial charge in [0.1, 0.15) is 11.5 Å². The average molecular weight is 420 g/mol. The molecule has 0 atom stereocenters. The van der Waals surface area contributed by atoms with E-state index in [-0.39, 0.29) is 23.0 Å². The summed E-state index contributed by atoms with van der Waals surface area (Å²) in [7, 11) is 0. The van der Waals surface area contributed by atoms with Gasteiger partial charge in [0.2, 0.25) is 0 Å². The van der Waals surface area contributed by atoms with E-state index in [0.717, 1.165) is 0 Å². The molecule has 0 aliphatic rings. The number of phenols is 2. The number of furan rings is 1. The summed E-state index contributed by atoms with van der Waals surface area (Å²) in [4.78, 5) is 24.5. The normalized spacial score (nSPS) is 11.8. The van der Waals surface area contributed by atoms with Gasteiger partial charge < -0.3 is 14.6 Å². The molecule has 0 radical (unpaired) electrons. The van der Waals surface area contributed by atoms with Gasteiger partial charge in [0.05, 0.1) is 11.4 Å². The van der Waals surface area contributed by atoms with Gasteiger partial charge in [-0.15, -0.1) is 0 Å². The number of phenolic OH excluding ortho intramolecular Hbond substituents is 2. The fourth-order valence-electron chi connectivity index (χ4n) is 2.64. The molecule has 0 fully saturated rings. The maximum atomic E-state index is 12.2. The molecule has 0 bridgehead atoms. The highest BCUT2D eigenvalue weighted by atomic mass is 16.4. The van der Waals surface area contributed by atoms with Crippen LogP contribution in [0.2, 0.25) is 0 Å². The highest BCUT2D eigenvalue weighted by Crippen LogP contribution is 2.17. The van der Waals surface area contributed by atoms with Crippen molar-refractivity contribution in [3.05, 3.63) is 83.3 Å². The Labute approximate surface area is 177 Å². The maximum absolute atomic E-state index is 12.2. The summed E-state index contributed by atoms with van der Waals surface area (Å²) >= 11 is 0. The Morgan fingerprint density at radius 1 is 0.710 bits per heavy atom. The zero-order valence-corrected chi connectivity index (χ0v) is 16.8. The fourth-order valence-corrected chi connectivity index (χ4v) is 2.64. The van der Waals surface area contributed by atoms with Gasteiger partial charge in [-0.1, -0.05) is 24.3 Å². The molecule has 2 aromatic carbocycles. The van der Waals surface area contributed by atoms with Gasteiger partial charge in [-0.25, -0.2) is 10.9 Å². The van der Waals surface area contributed by atoms with Crippen LogP contribution in [0.4, 0.5) is 0 Å². The van der Waals surface area contributed by atoms with Crippen LogP contribution in [-0.2, 0) is 0 Å². The highest BCUT2D eigenvalue weighted by molar-refractivity contribution is 6.03. The van der Waals surface area contributed by atoms with Gasteiger partial charge in [-0.2, -0.15) is 10.2 Å². The van der Waals surface area contributed by atoms with Gasteiger partial charge >= 0.3 is 11.8 Å². The summed E-state index contributed by atoms with van der Waals surface area (Å²) in [6.07, 6.45) is 0. The topological polar surface area (TPSA) is 137 Å². The van der Waals surface area contributed by atoms with Crippen LogP contribution in [0.3, 0.4) is 0 Å². The van der Waals surface area contributed by atoms with Crippen molar-refractivity contribution in [2.45, 2.75) is 13.8 Å². The Morgan fingerprint density at radius 2 is 1.10 bits per heavy atom. The molecule has 4 N–H and O–H groups in total. The van der Waals surface area contributed by atoms with Crippen LogP contribution in [0, 0.1) is 0 Å². The number of nitrogens with one attached hydrogen (secondary N) is 2. The number of hydrazone groups is 2. The van der Waals surface area contributed by atoms with Crippen LogP contribution in [0.5, 0.6) is 11.5 Å². The van der Waals surface area contributed by atoms with Crippen LogP contribution in [0.1, 0.15) is 46.1 Å². The first kappa shape index (κ1) is 21.3.